The largest absolute Gasteiger partial charge is 0.288 e. The van der Waals surface area contributed by atoms with Crippen molar-refractivity contribution in [3.05, 3.63) is 75.3 Å². The monoisotopic (exact) mass is 295 g/mol. The second-order valence-electron chi connectivity index (χ2n) is 4.87. The molecule has 0 saturated heterocycles. The van der Waals surface area contributed by atoms with Gasteiger partial charge in [-0.25, -0.2) is 0 Å². The molecule has 2 aromatic rings. The molecule has 0 heterocycles. The molecule has 0 aliphatic heterocycles. The molecule has 2 rings (SSSR count). The third-order valence-electron chi connectivity index (χ3n) is 3.20. The SMILES string of the molecule is Cc1ccc(/C=C(\C#N)C(=O)c2ccc(Cl)cc2)c(C)c1. The Morgan fingerprint density at radius 2 is 1.81 bits per heavy atom. The van der Waals surface area contributed by atoms with Crippen molar-refractivity contribution in [1.29, 1.82) is 5.26 Å². The molecule has 0 unspecified atom stereocenters. The first kappa shape index (κ1) is 15.0. The minimum absolute atomic E-state index is 0.115. The molecule has 2 nitrogen and oxygen atoms in total. The zero-order valence-electron chi connectivity index (χ0n) is 11.9. The molecule has 21 heavy (non-hydrogen) atoms. The number of halogens is 1. The van der Waals surface area contributed by atoms with Gasteiger partial charge < -0.3 is 0 Å². The standard InChI is InChI=1S/C18H14ClNO/c1-12-3-4-15(13(2)9-12)10-16(11-20)18(21)14-5-7-17(19)8-6-14/h3-10H,1-2H3/b16-10+. The highest BCUT2D eigenvalue weighted by molar-refractivity contribution is 6.30. The lowest BCUT2D eigenvalue weighted by molar-refractivity contribution is 0.104. The van der Waals surface area contributed by atoms with Crippen molar-refractivity contribution in [2.24, 2.45) is 0 Å². The Labute approximate surface area is 129 Å². The van der Waals surface area contributed by atoms with Crippen LogP contribution in [0.5, 0.6) is 0 Å². The normalized spacial score (nSPS) is 11.0. The molecule has 104 valence electrons. The first-order chi connectivity index (χ1) is 10.0. The van der Waals surface area contributed by atoms with Gasteiger partial charge in [-0.3, -0.25) is 4.79 Å². The summed E-state index contributed by atoms with van der Waals surface area (Å²) in [6.07, 6.45) is 1.63. The van der Waals surface area contributed by atoms with Crippen LogP contribution in [-0.2, 0) is 0 Å². The van der Waals surface area contributed by atoms with Crippen LogP contribution in [-0.4, -0.2) is 5.78 Å². The van der Waals surface area contributed by atoms with Crippen LogP contribution in [0.3, 0.4) is 0 Å². The first-order valence-electron chi connectivity index (χ1n) is 6.50. The fourth-order valence-electron chi connectivity index (χ4n) is 2.05. The molecule has 0 atom stereocenters. The molecule has 0 fully saturated rings. The van der Waals surface area contributed by atoms with Crippen LogP contribution in [0.15, 0.2) is 48.0 Å². The van der Waals surface area contributed by atoms with Gasteiger partial charge in [-0.2, -0.15) is 5.26 Å². The molecule has 0 radical (unpaired) electrons. The van der Waals surface area contributed by atoms with Crippen LogP contribution in [0.2, 0.25) is 5.02 Å². The van der Waals surface area contributed by atoms with Gasteiger partial charge in [-0.1, -0.05) is 35.4 Å². The number of rotatable bonds is 3. The maximum absolute atomic E-state index is 12.3. The Hall–Kier alpha value is -2.37. The number of nitrogens with zero attached hydrogens (tertiary/aromatic N) is 1. The van der Waals surface area contributed by atoms with Gasteiger partial charge in [0.05, 0.1) is 0 Å². The van der Waals surface area contributed by atoms with Gasteiger partial charge in [-0.05, 0) is 55.3 Å². The molecule has 0 amide bonds. The van der Waals surface area contributed by atoms with Crippen LogP contribution in [0.4, 0.5) is 0 Å². The van der Waals surface area contributed by atoms with Crippen molar-refractivity contribution in [2.75, 3.05) is 0 Å². The summed E-state index contributed by atoms with van der Waals surface area (Å²) in [7, 11) is 0. The summed E-state index contributed by atoms with van der Waals surface area (Å²) in [5.74, 6) is -0.297. The van der Waals surface area contributed by atoms with E-state index in [-0.39, 0.29) is 11.4 Å². The lowest BCUT2D eigenvalue weighted by Gasteiger charge is -2.04. The molecule has 0 aliphatic carbocycles. The van der Waals surface area contributed by atoms with Gasteiger partial charge in [0.1, 0.15) is 11.6 Å². The molecule has 0 saturated carbocycles. The highest BCUT2D eigenvalue weighted by Gasteiger charge is 2.12. The molecule has 0 spiro atoms. The fraction of sp³-hybridized carbons (Fsp3) is 0.111. The van der Waals surface area contributed by atoms with Crippen LogP contribution < -0.4 is 0 Å². The Morgan fingerprint density at radius 3 is 2.38 bits per heavy atom. The van der Waals surface area contributed by atoms with E-state index in [9.17, 15) is 10.1 Å². The second kappa shape index (κ2) is 6.39. The number of carbonyl (C=O) groups is 1. The van der Waals surface area contributed by atoms with E-state index in [1.54, 1.807) is 30.3 Å². The maximum Gasteiger partial charge on any atom is 0.203 e. The third-order valence-corrected chi connectivity index (χ3v) is 3.45. The second-order valence-corrected chi connectivity index (χ2v) is 5.30. The summed E-state index contributed by atoms with van der Waals surface area (Å²) in [6, 6.07) is 14.4. The zero-order chi connectivity index (χ0) is 15.4. The highest BCUT2D eigenvalue weighted by Crippen LogP contribution is 2.18. The van der Waals surface area contributed by atoms with Crippen molar-refractivity contribution in [3.8, 4) is 6.07 Å². The van der Waals surface area contributed by atoms with E-state index < -0.39 is 0 Å². The molecule has 0 aliphatic rings. The molecule has 0 aromatic heterocycles. The van der Waals surface area contributed by atoms with E-state index in [1.165, 1.54) is 0 Å². The van der Waals surface area contributed by atoms with Gasteiger partial charge in [0, 0.05) is 10.6 Å². The number of carbonyl (C=O) groups excluding carboxylic acids is 1. The number of allylic oxidation sites excluding steroid dienone is 1. The summed E-state index contributed by atoms with van der Waals surface area (Å²) >= 11 is 5.80. The number of aryl methyl sites for hydroxylation is 2. The maximum atomic E-state index is 12.3. The number of benzene rings is 2. The Bertz CT molecular complexity index is 752. The number of hydrogen-bond donors (Lipinski definition) is 0. The van der Waals surface area contributed by atoms with Crippen LogP contribution >= 0.6 is 11.6 Å². The first-order valence-corrected chi connectivity index (χ1v) is 6.88. The molecular formula is C18H14ClNO. The van der Waals surface area contributed by atoms with Crippen LogP contribution in [0.25, 0.3) is 6.08 Å². The van der Waals surface area contributed by atoms with Gasteiger partial charge in [-0.15, -0.1) is 0 Å². The minimum atomic E-state index is -0.297. The lowest BCUT2D eigenvalue weighted by atomic mass is 9.99. The number of nitriles is 1. The topological polar surface area (TPSA) is 40.9 Å². The van der Waals surface area contributed by atoms with Crippen molar-refractivity contribution >= 4 is 23.5 Å². The fourth-order valence-corrected chi connectivity index (χ4v) is 2.17. The van der Waals surface area contributed by atoms with Crippen molar-refractivity contribution in [2.45, 2.75) is 13.8 Å². The Balaban J connectivity index is 2.39. The molecule has 0 N–H and O–H groups in total. The highest BCUT2D eigenvalue weighted by atomic mass is 35.5. The van der Waals surface area contributed by atoms with Crippen molar-refractivity contribution in [1.82, 2.24) is 0 Å². The smallest absolute Gasteiger partial charge is 0.203 e. The van der Waals surface area contributed by atoms with Crippen LogP contribution in [0, 0.1) is 25.2 Å². The zero-order valence-corrected chi connectivity index (χ0v) is 12.6. The summed E-state index contributed by atoms with van der Waals surface area (Å²) in [6.45, 7) is 3.96. The van der Waals surface area contributed by atoms with Gasteiger partial charge in [0.2, 0.25) is 5.78 Å². The Kier molecular flexibility index (Phi) is 4.57. The summed E-state index contributed by atoms with van der Waals surface area (Å²) < 4.78 is 0. The van der Waals surface area contributed by atoms with E-state index in [0.29, 0.717) is 10.6 Å². The van der Waals surface area contributed by atoms with Crippen molar-refractivity contribution < 1.29 is 4.79 Å². The van der Waals surface area contributed by atoms with E-state index in [1.807, 2.05) is 38.1 Å². The summed E-state index contributed by atoms with van der Waals surface area (Å²) in [4.78, 5) is 12.3. The van der Waals surface area contributed by atoms with Gasteiger partial charge in [0.15, 0.2) is 0 Å². The lowest BCUT2D eigenvalue weighted by Crippen LogP contribution is -2.02. The minimum Gasteiger partial charge on any atom is -0.288 e. The average molecular weight is 296 g/mol. The summed E-state index contributed by atoms with van der Waals surface area (Å²) in [5.41, 5.74) is 3.62. The quantitative estimate of drug-likeness (QED) is 0.466. The predicted octanol–water partition coefficient (Wildman–Crippen LogP) is 4.75. The molecule has 3 heteroatoms. The summed E-state index contributed by atoms with van der Waals surface area (Å²) in [5, 5.41) is 9.81. The van der Waals surface area contributed by atoms with E-state index in [4.69, 9.17) is 11.6 Å². The van der Waals surface area contributed by atoms with Gasteiger partial charge >= 0.3 is 0 Å². The van der Waals surface area contributed by atoms with E-state index in [2.05, 4.69) is 0 Å². The Morgan fingerprint density at radius 1 is 1.14 bits per heavy atom. The molecule has 0 bridgehead atoms. The number of hydrogen-bond acceptors (Lipinski definition) is 2. The van der Waals surface area contributed by atoms with Crippen LogP contribution in [0.1, 0.15) is 27.0 Å². The molecular weight excluding hydrogens is 282 g/mol. The van der Waals surface area contributed by atoms with Crippen molar-refractivity contribution in [3.63, 3.8) is 0 Å². The predicted molar refractivity (Wildman–Crippen MR) is 85.3 cm³/mol. The number of ketones is 1. The average Bonchev–Trinajstić information content (AvgIpc) is 2.47. The van der Waals surface area contributed by atoms with Gasteiger partial charge in [0.25, 0.3) is 0 Å². The molecule has 2 aromatic carbocycles. The number of Topliss-reactive ketones (excluding diaryl/α,β-unsaturated/α-hetero) is 1. The third kappa shape index (κ3) is 3.59. The van der Waals surface area contributed by atoms with E-state index >= 15 is 0 Å². The van der Waals surface area contributed by atoms with E-state index in [0.717, 1.165) is 16.7 Å².